The van der Waals surface area contributed by atoms with Crippen LogP contribution in [0, 0.1) is 11.8 Å². The highest BCUT2D eigenvalue weighted by atomic mass is 32.2. The summed E-state index contributed by atoms with van der Waals surface area (Å²) in [6.07, 6.45) is 5.70. The summed E-state index contributed by atoms with van der Waals surface area (Å²) in [6, 6.07) is 14.3. The summed E-state index contributed by atoms with van der Waals surface area (Å²) in [6.45, 7) is 0. The molecule has 0 atom stereocenters. The maximum Gasteiger partial charge on any atom is 0.248 e. The Bertz CT molecular complexity index is 1100. The van der Waals surface area contributed by atoms with Gasteiger partial charge in [-0.25, -0.2) is 4.98 Å². The molecule has 7 heteroatoms. The van der Waals surface area contributed by atoms with Crippen LogP contribution in [0.5, 0.6) is 0 Å². The van der Waals surface area contributed by atoms with Gasteiger partial charge in [-0.2, -0.15) is 11.8 Å². The van der Waals surface area contributed by atoms with E-state index >= 15 is 0 Å². The molecule has 2 aromatic heterocycles. The molecule has 6 nitrogen and oxygen atoms in total. The van der Waals surface area contributed by atoms with Crippen molar-refractivity contribution < 1.29 is 9.59 Å². The third-order valence-corrected chi connectivity index (χ3v) is 4.72. The van der Waals surface area contributed by atoms with Gasteiger partial charge in [0.1, 0.15) is 5.82 Å². The number of benzene rings is 1. The maximum atomic E-state index is 12.0. The molecule has 0 aliphatic carbocycles. The maximum absolute atomic E-state index is 12.0. The zero-order chi connectivity index (χ0) is 21.3. The number of anilines is 1. The van der Waals surface area contributed by atoms with Crippen LogP contribution in [-0.4, -0.2) is 33.8 Å². The molecule has 0 bridgehead atoms. The van der Waals surface area contributed by atoms with Crippen LogP contribution in [0.1, 0.15) is 27.9 Å². The minimum Gasteiger partial charge on any atom is -0.366 e. The molecular formula is C23H20N4O2S. The van der Waals surface area contributed by atoms with Gasteiger partial charge >= 0.3 is 0 Å². The van der Waals surface area contributed by atoms with Gasteiger partial charge in [-0.1, -0.05) is 24.0 Å². The molecular weight excluding hydrogens is 396 g/mol. The Morgan fingerprint density at radius 1 is 1.10 bits per heavy atom. The Hall–Kier alpha value is -3.63. The summed E-state index contributed by atoms with van der Waals surface area (Å²) < 4.78 is 0. The number of amides is 2. The first-order valence-electron chi connectivity index (χ1n) is 9.18. The molecule has 2 amide bonds. The first kappa shape index (κ1) is 21.1. The largest absolute Gasteiger partial charge is 0.366 e. The smallest absolute Gasteiger partial charge is 0.248 e. The molecule has 0 unspecified atom stereocenters. The van der Waals surface area contributed by atoms with Gasteiger partial charge in [0, 0.05) is 46.8 Å². The standard InChI is InChI=1S/C23H20N4O2S/c1-30-12-10-22(28)27-21-14-19(23(24)29)13-20(26-21)18-8-6-16(7-9-18)4-5-17-3-2-11-25-15-17/h2-3,6-9,11,13-15H,10,12H2,1H3,(H2,24,29)(H,26,27,28). The fourth-order valence-electron chi connectivity index (χ4n) is 2.59. The molecule has 0 fully saturated rings. The Labute approximate surface area is 179 Å². The number of rotatable bonds is 6. The van der Waals surface area contributed by atoms with Crippen LogP contribution in [0.4, 0.5) is 5.82 Å². The van der Waals surface area contributed by atoms with E-state index in [2.05, 4.69) is 27.1 Å². The van der Waals surface area contributed by atoms with Gasteiger partial charge in [0.05, 0.1) is 5.69 Å². The molecule has 30 heavy (non-hydrogen) atoms. The minimum atomic E-state index is -0.586. The quantitative estimate of drug-likeness (QED) is 0.601. The molecule has 2 heterocycles. The lowest BCUT2D eigenvalue weighted by molar-refractivity contribution is -0.115. The molecule has 0 spiro atoms. The minimum absolute atomic E-state index is 0.162. The van der Waals surface area contributed by atoms with E-state index in [1.807, 2.05) is 42.7 Å². The van der Waals surface area contributed by atoms with Crippen LogP contribution in [0.15, 0.2) is 60.9 Å². The number of pyridine rings is 2. The average molecular weight is 417 g/mol. The van der Waals surface area contributed by atoms with Gasteiger partial charge in [0.15, 0.2) is 0 Å². The Morgan fingerprint density at radius 2 is 1.87 bits per heavy atom. The molecule has 0 aliphatic heterocycles. The molecule has 3 rings (SSSR count). The summed E-state index contributed by atoms with van der Waals surface area (Å²) in [5.41, 5.74) is 8.72. The third-order valence-electron chi connectivity index (χ3n) is 4.10. The number of primary amides is 1. The van der Waals surface area contributed by atoms with Crippen molar-refractivity contribution in [1.82, 2.24) is 9.97 Å². The van der Waals surface area contributed by atoms with Gasteiger partial charge in [0.2, 0.25) is 11.8 Å². The van der Waals surface area contributed by atoms with Gasteiger partial charge < -0.3 is 11.1 Å². The van der Waals surface area contributed by atoms with Crippen LogP contribution in [0.2, 0.25) is 0 Å². The van der Waals surface area contributed by atoms with Crippen LogP contribution in [-0.2, 0) is 4.79 Å². The monoisotopic (exact) mass is 416 g/mol. The summed E-state index contributed by atoms with van der Waals surface area (Å²) in [4.78, 5) is 32.3. The number of carbonyl (C=O) groups is 2. The van der Waals surface area contributed by atoms with E-state index in [0.717, 1.165) is 16.7 Å². The molecule has 1 aromatic carbocycles. The first-order chi connectivity index (χ1) is 14.5. The fourth-order valence-corrected chi connectivity index (χ4v) is 2.98. The van der Waals surface area contributed by atoms with Crippen molar-refractivity contribution in [3.63, 3.8) is 0 Å². The lowest BCUT2D eigenvalue weighted by atomic mass is 10.1. The summed E-state index contributed by atoms with van der Waals surface area (Å²) >= 11 is 1.58. The summed E-state index contributed by atoms with van der Waals surface area (Å²) in [7, 11) is 0. The fraction of sp³-hybridized carbons (Fsp3) is 0.130. The Balaban J connectivity index is 1.84. The molecule has 0 radical (unpaired) electrons. The van der Waals surface area contributed by atoms with Gasteiger partial charge in [0.25, 0.3) is 0 Å². The van der Waals surface area contributed by atoms with E-state index < -0.39 is 5.91 Å². The van der Waals surface area contributed by atoms with E-state index in [0.29, 0.717) is 23.7 Å². The van der Waals surface area contributed by atoms with E-state index in [1.54, 1.807) is 30.2 Å². The van der Waals surface area contributed by atoms with Crippen molar-refractivity contribution in [3.8, 4) is 23.1 Å². The second-order valence-electron chi connectivity index (χ2n) is 6.35. The number of nitrogens with zero attached hydrogens (tertiary/aromatic N) is 2. The zero-order valence-electron chi connectivity index (χ0n) is 16.4. The Kier molecular flexibility index (Phi) is 7.19. The van der Waals surface area contributed by atoms with Crippen molar-refractivity contribution in [1.29, 1.82) is 0 Å². The number of nitrogens with two attached hydrogens (primary N) is 1. The van der Waals surface area contributed by atoms with Gasteiger partial charge in [-0.15, -0.1) is 0 Å². The van der Waals surface area contributed by atoms with Crippen molar-refractivity contribution in [3.05, 3.63) is 77.6 Å². The number of aromatic nitrogens is 2. The second kappa shape index (κ2) is 10.2. The summed E-state index contributed by atoms with van der Waals surface area (Å²) in [5.74, 6) is 6.39. The molecule has 0 saturated heterocycles. The molecule has 3 N–H and O–H groups in total. The number of nitrogens with one attached hydrogen (secondary N) is 1. The van der Waals surface area contributed by atoms with E-state index in [9.17, 15) is 9.59 Å². The number of hydrogen-bond acceptors (Lipinski definition) is 5. The predicted octanol–water partition coefficient (Wildman–Crippen LogP) is 3.33. The van der Waals surface area contributed by atoms with Crippen molar-refractivity contribution in [2.45, 2.75) is 6.42 Å². The second-order valence-corrected chi connectivity index (χ2v) is 7.34. The number of hydrogen-bond donors (Lipinski definition) is 2. The van der Waals surface area contributed by atoms with E-state index in [4.69, 9.17) is 5.73 Å². The van der Waals surface area contributed by atoms with E-state index in [1.165, 1.54) is 6.07 Å². The number of thioether (sulfide) groups is 1. The zero-order valence-corrected chi connectivity index (χ0v) is 17.2. The van der Waals surface area contributed by atoms with Gasteiger partial charge in [-0.3, -0.25) is 14.6 Å². The lowest BCUT2D eigenvalue weighted by Gasteiger charge is -2.09. The van der Waals surface area contributed by atoms with Crippen LogP contribution in [0.3, 0.4) is 0 Å². The molecule has 0 saturated carbocycles. The molecule has 0 aliphatic rings. The SMILES string of the molecule is CSCCC(=O)Nc1cc(C(N)=O)cc(-c2ccc(C#Cc3cccnc3)cc2)n1. The van der Waals surface area contributed by atoms with Gasteiger partial charge in [-0.05, 0) is 42.7 Å². The molecule has 150 valence electrons. The third kappa shape index (κ3) is 5.93. The lowest BCUT2D eigenvalue weighted by Crippen LogP contribution is -2.16. The van der Waals surface area contributed by atoms with E-state index in [-0.39, 0.29) is 11.5 Å². The average Bonchev–Trinajstić information content (AvgIpc) is 2.77. The predicted molar refractivity (Wildman–Crippen MR) is 120 cm³/mol. The normalized spacial score (nSPS) is 10.0. The topological polar surface area (TPSA) is 98.0 Å². The van der Waals surface area contributed by atoms with Crippen LogP contribution >= 0.6 is 11.8 Å². The number of carbonyl (C=O) groups excluding carboxylic acids is 2. The molecule has 3 aromatic rings. The highest BCUT2D eigenvalue weighted by Gasteiger charge is 2.11. The van der Waals surface area contributed by atoms with Crippen LogP contribution in [0.25, 0.3) is 11.3 Å². The first-order valence-corrected chi connectivity index (χ1v) is 10.6. The highest BCUT2D eigenvalue weighted by Crippen LogP contribution is 2.22. The Morgan fingerprint density at radius 3 is 2.53 bits per heavy atom. The highest BCUT2D eigenvalue weighted by molar-refractivity contribution is 7.98. The van der Waals surface area contributed by atoms with Crippen molar-refractivity contribution >= 4 is 29.4 Å². The summed E-state index contributed by atoms with van der Waals surface area (Å²) in [5, 5.41) is 2.73. The van der Waals surface area contributed by atoms with Crippen molar-refractivity contribution in [2.75, 3.05) is 17.3 Å². The van der Waals surface area contributed by atoms with Crippen molar-refractivity contribution in [2.24, 2.45) is 5.73 Å². The van der Waals surface area contributed by atoms with Crippen LogP contribution < -0.4 is 11.1 Å².